The summed E-state index contributed by atoms with van der Waals surface area (Å²) in [5.41, 5.74) is 0. The summed E-state index contributed by atoms with van der Waals surface area (Å²) < 4.78 is 0. The third kappa shape index (κ3) is 3.24. The van der Waals surface area contributed by atoms with Gasteiger partial charge in [-0.15, -0.1) is 0 Å². The topological polar surface area (TPSA) is 12.0 Å². The van der Waals surface area contributed by atoms with Gasteiger partial charge in [-0.3, -0.25) is 0 Å². The average molecular weight is 237 g/mol. The first kappa shape index (κ1) is 13.4. The van der Waals surface area contributed by atoms with Crippen molar-refractivity contribution in [1.82, 2.24) is 5.32 Å². The zero-order chi connectivity index (χ0) is 12.3. The average Bonchev–Trinajstić information content (AvgIpc) is 2.90. The second-order valence-electron chi connectivity index (χ2n) is 6.63. The lowest BCUT2D eigenvalue weighted by Crippen LogP contribution is -2.39. The summed E-state index contributed by atoms with van der Waals surface area (Å²) in [6.45, 7) is 8.18. The Kier molecular flexibility index (Phi) is 4.90. The van der Waals surface area contributed by atoms with Crippen molar-refractivity contribution in [3.8, 4) is 0 Å². The van der Waals surface area contributed by atoms with Crippen LogP contribution in [0.25, 0.3) is 0 Å². The molecule has 5 atom stereocenters. The maximum Gasteiger partial charge on any atom is 0.0100 e. The number of nitrogens with one attached hydrogen (secondary N) is 1. The van der Waals surface area contributed by atoms with E-state index >= 15 is 0 Å². The largest absolute Gasteiger partial charge is 0.314 e. The summed E-state index contributed by atoms with van der Waals surface area (Å²) in [7, 11) is 0. The quantitative estimate of drug-likeness (QED) is 0.699. The van der Waals surface area contributed by atoms with Crippen molar-refractivity contribution >= 4 is 0 Å². The molecule has 2 bridgehead atoms. The Labute approximate surface area is 108 Å². The number of rotatable bonds is 7. The molecule has 5 unspecified atom stereocenters. The summed E-state index contributed by atoms with van der Waals surface area (Å²) >= 11 is 0. The van der Waals surface area contributed by atoms with Crippen molar-refractivity contribution in [2.45, 2.75) is 71.8 Å². The second-order valence-corrected chi connectivity index (χ2v) is 6.63. The Bertz CT molecular complexity index is 226. The van der Waals surface area contributed by atoms with E-state index in [1.165, 1.54) is 38.5 Å². The molecule has 1 heteroatoms. The summed E-state index contributed by atoms with van der Waals surface area (Å²) in [6.07, 6.45) is 10.3. The fourth-order valence-electron chi connectivity index (χ4n) is 4.50. The molecule has 0 spiro atoms. The maximum absolute atomic E-state index is 3.80. The van der Waals surface area contributed by atoms with Gasteiger partial charge in [-0.05, 0) is 55.9 Å². The molecule has 0 aromatic rings. The van der Waals surface area contributed by atoms with Gasteiger partial charge in [-0.1, -0.05) is 40.0 Å². The van der Waals surface area contributed by atoms with Gasteiger partial charge >= 0.3 is 0 Å². The Morgan fingerprint density at radius 2 is 2.00 bits per heavy atom. The van der Waals surface area contributed by atoms with Crippen LogP contribution >= 0.6 is 0 Å². The fourth-order valence-corrected chi connectivity index (χ4v) is 4.50. The summed E-state index contributed by atoms with van der Waals surface area (Å²) in [4.78, 5) is 0. The van der Waals surface area contributed by atoms with Crippen LogP contribution in [0.2, 0.25) is 0 Å². The van der Waals surface area contributed by atoms with E-state index in [0.29, 0.717) is 0 Å². The summed E-state index contributed by atoms with van der Waals surface area (Å²) in [5, 5.41) is 3.80. The van der Waals surface area contributed by atoms with Crippen LogP contribution in [0.5, 0.6) is 0 Å². The third-order valence-electron chi connectivity index (χ3n) is 5.21. The van der Waals surface area contributed by atoms with Crippen LogP contribution in [0.1, 0.15) is 65.7 Å². The number of hydrogen-bond acceptors (Lipinski definition) is 1. The van der Waals surface area contributed by atoms with Crippen LogP contribution in [-0.2, 0) is 0 Å². The zero-order valence-electron chi connectivity index (χ0n) is 12.0. The summed E-state index contributed by atoms with van der Waals surface area (Å²) in [5.74, 6) is 4.07. The molecule has 1 N–H and O–H groups in total. The molecule has 0 aromatic heterocycles. The first-order valence-corrected chi connectivity index (χ1v) is 7.97. The standard InChI is InChI=1S/C16H31N/c1-4-6-12(3)9-16(17-5-2)15-11-13-7-8-14(15)10-13/h12-17H,4-11H2,1-3H3. The van der Waals surface area contributed by atoms with Gasteiger partial charge in [0.2, 0.25) is 0 Å². The van der Waals surface area contributed by atoms with Crippen molar-refractivity contribution in [1.29, 1.82) is 0 Å². The lowest BCUT2D eigenvalue weighted by Gasteiger charge is -2.33. The minimum absolute atomic E-state index is 0.817. The smallest absolute Gasteiger partial charge is 0.0100 e. The van der Waals surface area contributed by atoms with Crippen molar-refractivity contribution in [3.63, 3.8) is 0 Å². The van der Waals surface area contributed by atoms with Crippen LogP contribution in [0.15, 0.2) is 0 Å². The molecule has 0 saturated heterocycles. The highest BCUT2D eigenvalue weighted by Crippen LogP contribution is 2.50. The van der Waals surface area contributed by atoms with E-state index in [9.17, 15) is 0 Å². The van der Waals surface area contributed by atoms with E-state index in [1.807, 2.05) is 0 Å². The van der Waals surface area contributed by atoms with Crippen molar-refractivity contribution < 1.29 is 0 Å². The monoisotopic (exact) mass is 237 g/mol. The molecular weight excluding hydrogens is 206 g/mol. The van der Waals surface area contributed by atoms with Crippen LogP contribution < -0.4 is 5.32 Å². The molecule has 2 fully saturated rings. The Balaban J connectivity index is 1.88. The maximum atomic E-state index is 3.80. The van der Waals surface area contributed by atoms with Gasteiger partial charge in [-0.25, -0.2) is 0 Å². The van der Waals surface area contributed by atoms with Crippen molar-refractivity contribution in [3.05, 3.63) is 0 Å². The number of hydrogen-bond donors (Lipinski definition) is 1. The molecule has 100 valence electrons. The minimum atomic E-state index is 0.817. The van der Waals surface area contributed by atoms with Gasteiger partial charge in [0.15, 0.2) is 0 Å². The highest BCUT2D eigenvalue weighted by molar-refractivity contribution is 4.95. The van der Waals surface area contributed by atoms with Gasteiger partial charge in [0.05, 0.1) is 0 Å². The Morgan fingerprint density at radius 1 is 1.18 bits per heavy atom. The van der Waals surface area contributed by atoms with E-state index in [1.54, 1.807) is 6.42 Å². The van der Waals surface area contributed by atoms with Crippen LogP contribution in [0, 0.1) is 23.7 Å². The highest BCUT2D eigenvalue weighted by Gasteiger charge is 2.42. The first-order valence-electron chi connectivity index (χ1n) is 7.97. The van der Waals surface area contributed by atoms with Crippen LogP contribution in [0.4, 0.5) is 0 Å². The zero-order valence-corrected chi connectivity index (χ0v) is 12.0. The van der Waals surface area contributed by atoms with E-state index in [2.05, 4.69) is 26.1 Å². The molecule has 1 nitrogen and oxygen atoms in total. The normalized spacial score (nSPS) is 35.1. The van der Waals surface area contributed by atoms with E-state index in [-0.39, 0.29) is 0 Å². The lowest BCUT2D eigenvalue weighted by atomic mass is 9.79. The molecule has 2 aliphatic carbocycles. The van der Waals surface area contributed by atoms with E-state index in [0.717, 1.165) is 36.3 Å². The van der Waals surface area contributed by atoms with Crippen LogP contribution in [0.3, 0.4) is 0 Å². The molecule has 17 heavy (non-hydrogen) atoms. The number of fused-ring (bicyclic) bond motifs is 2. The third-order valence-corrected chi connectivity index (χ3v) is 5.21. The van der Waals surface area contributed by atoms with E-state index < -0.39 is 0 Å². The highest BCUT2D eigenvalue weighted by atomic mass is 14.9. The molecule has 2 rings (SSSR count). The SMILES string of the molecule is CCCC(C)CC(NCC)C1CC2CCC1C2. The molecule has 2 aliphatic rings. The van der Waals surface area contributed by atoms with Gasteiger partial charge < -0.3 is 5.32 Å². The minimum Gasteiger partial charge on any atom is -0.314 e. The van der Waals surface area contributed by atoms with Gasteiger partial charge in [0, 0.05) is 6.04 Å². The molecule has 2 saturated carbocycles. The molecule has 0 radical (unpaired) electrons. The van der Waals surface area contributed by atoms with E-state index in [4.69, 9.17) is 0 Å². The fraction of sp³-hybridized carbons (Fsp3) is 1.00. The Morgan fingerprint density at radius 3 is 2.53 bits per heavy atom. The van der Waals surface area contributed by atoms with Gasteiger partial charge in [0.25, 0.3) is 0 Å². The molecular formula is C16H31N. The molecule has 0 heterocycles. The predicted molar refractivity (Wildman–Crippen MR) is 75.1 cm³/mol. The lowest BCUT2D eigenvalue weighted by molar-refractivity contribution is 0.219. The van der Waals surface area contributed by atoms with Crippen LogP contribution in [-0.4, -0.2) is 12.6 Å². The predicted octanol–water partition coefficient (Wildman–Crippen LogP) is 4.23. The second kappa shape index (κ2) is 6.22. The Hall–Kier alpha value is -0.0400. The van der Waals surface area contributed by atoms with Crippen molar-refractivity contribution in [2.75, 3.05) is 6.54 Å². The van der Waals surface area contributed by atoms with Gasteiger partial charge in [-0.2, -0.15) is 0 Å². The molecule has 0 aromatic carbocycles. The van der Waals surface area contributed by atoms with Gasteiger partial charge in [0.1, 0.15) is 0 Å². The molecule has 0 aliphatic heterocycles. The molecule has 0 amide bonds. The van der Waals surface area contributed by atoms with Crippen molar-refractivity contribution in [2.24, 2.45) is 23.7 Å². The summed E-state index contributed by atoms with van der Waals surface area (Å²) in [6, 6.07) is 0.817. The first-order chi connectivity index (χ1) is 8.24.